The molecule has 33 heavy (non-hydrogen) atoms. The number of thiophene rings is 1. The lowest BCUT2D eigenvalue weighted by molar-refractivity contribution is -0.134. The van der Waals surface area contributed by atoms with Gasteiger partial charge in [-0.25, -0.2) is 0 Å². The summed E-state index contributed by atoms with van der Waals surface area (Å²) in [5.74, 6) is 0.619. The molecule has 0 atom stereocenters. The van der Waals surface area contributed by atoms with Crippen LogP contribution in [0.1, 0.15) is 48.2 Å². The van der Waals surface area contributed by atoms with Gasteiger partial charge in [0.25, 0.3) is 5.91 Å². The molecule has 2 heterocycles. The highest BCUT2D eigenvalue weighted by Crippen LogP contribution is 2.27. The van der Waals surface area contributed by atoms with Gasteiger partial charge in [-0.05, 0) is 54.5 Å². The molecule has 1 aliphatic carbocycles. The molecule has 0 unspecified atom stereocenters. The smallest absolute Gasteiger partial charge is 0.265 e. The van der Waals surface area contributed by atoms with E-state index in [1.54, 1.807) is 30.3 Å². The first-order chi connectivity index (χ1) is 16.1. The normalized spacial score (nSPS) is 17.5. The predicted molar refractivity (Wildman–Crippen MR) is 132 cm³/mol. The first-order valence-electron chi connectivity index (χ1n) is 11.8. The largest absolute Gasteiger partial charge is 0.340 e. The number of rotatable bonds is 7. The highest BCUT2D eigenvalue weighted by Gasteiger charge is 2.25. The van der Waals surface area contributed by atoms with Crippen molar-refractivity contribution >= 4 is 40.4 Å². The predicted octanol–water partition coefficient (Wildman–Crippen LogP) is 4.05. The van der Waals surface area contributed by atoms with E-state index in [2.05, 4.69) is 15.5 Å². The maximum Gasteiger partial charge on any atom is 0.265 e. The third kappa shape index (κ3) is 6.88. The highest BCUT2D eigenvalue weighted by molar-refractivity contribution is 7.12. The number of hydrogen-bond acceptors (Lipinski definition) is 5. The molecular formula is C25H32N4O3S. The second kappa shape index (κ2) is 11.4. The maximum absolute atomic E-state index is 12.6. The number of nitrogens with zero attached hydrogens (tertiary/aromatic N) is 2. The van der Waals surface area contributed by atoms with Gasteiger partial charge in [-0.15, -0.1) is 11.3 Å². The first kappa shape index (κ1) is 23.4. The van der Waals surface area contributed by atoms with Gasteiger partial charge in [0.15, 0.2) is 0 Å². The van der Waals surface area contributed by atoms with E-state index < -0.39 is 0 Å². The summed E-state index contributed by atoms with van der Waals surface area (Å²) >= 11 is 1.39. The number of carbonyl (C=O) groups excluding carboxylic acids is 3. The van der Waals surface area contributed by atoms with Crippen LogP contribution in [0.3, 0.4) is 0 Å². The number of carbonyl (C=O) groups is 3. The zero-order chi connectivity index (χ0) is 23.0. The lowest BCUT2D eigenvalue weighted by atomic mass is 9.86. The summed E-state index contributed by atoms with van der Waals surface area (Å²) < 4.78 is 0. The third-order valence-corrected chi connectivity index (χ3v) is 7.32. The van der Waals surface area contributed by atoms with E-state index in [1.165, 1.54) is 43.4 Å². The average molecular weight is 469 g/mol. The Bertz CT molecular complexity index is 931. The molecule has 2 aromatic rings. The van der Waals surface area contributed by atoms with E-state index in [1.807, 2.05) is 16.3 Å². The minimum absolute atomic E-state index is 0.0765. The first-order valence-corrected chi connectivity index (χ1v) is 12.7. The molecule has 176 valence electrons. The van der Waals surface area contributed by atoms with Crippen molar-refractivity contribution in [1.82, 2.24) is 9.80 Å². The third-order valence-electron chi connectivity index (χ3n) is 6.45. The second-order valence-electron chi connectivity index (χ2n) is 8.92. The lowest BCUT2D eigenvalue weighted by Crippen LogP contribution is -2.50. The fourth-order valence-corrected chi connectivity index (χ4v) is 5.18. The number of anilines is 2. The molecule has 1 saturated heterocycles. The SMILES string of the molecule is O=C(CN1CCN(C(=O)CC2CCCCC2)CC1)Nc1ccc(NC(=O)c2cccs2)cc1. The van der Waals surface area contributed by atoms with Crippen molar-refractivity contribution in [2.75, 3.05) is 43.4 Å². The van der Waals surface area contributed by atoms with Crippen molar-refractivity contribution < 1.29 is 14.4 Å². The van der Waals surface area contributed by atoms with Gasteiger partial charge in [0.1, 0.15) is 0 Å². The molecule has 1 aromatic heterocycles. The lowest BCUT2D eigenvalue weighted by Gasteiger charge is -2.35. The summed E-state index contributed by atoms with van der Waals surface area (Å²) in [6, 6.07) is 10.7. The van der Waals surface area contributed by atoms with Crippen molar-refractivity contribution in [3.8, 4) is 0 Å². The van der Waals surface area contributed by atoms with Gasteiger partial charge >= 0.3 is 0 Å². The zero-order valence-electron chi connectivity index (χ0n) is 18.9. The zero-order valence-corrected chi connectivity index (χ0v) is 19.7. The molecule has 1 aromatic carbocycles. The van der Waals surface area contributed by atoms with Crippen LogP contribution in [-0.4, -0.2) is 60.2 Å². The molecule has 4 rings (SSSR count). The fraction of sp³-hybridized carbons (Fsp3) is 0.480. The van der Waals surface area contributed by atoms with Crippen LogP contribution in [0.15, 0.2) is 41.8 Å². The minimum atomic E-state index is -0.141. The van der Waals surface area contributed by atoms with Crippen LogP contribution < -0.4 is 10.6 Å². The summed E-state index contributed by atoms with van der Waals surface area (Å²) in [5.41, 5.74) is 1.37. The quantitative estimate of drug-likeness (QED) is 0.642. The van der Waals surface area contributed by atoms with Crippen LogP contribution in [0.2, 0.25) is 0 Å². The number of hydrogen-bond donors (Lipinski definition) is 2. The standard InChI is InChI=1S/C25H32N4O3S/c30-23(26-20-8-10-21(11-9-20)27-25(32)22-7-4-16-33-22)18-28-12-14-29(15-13-28)24(31)17-19-5-2-1-3-6-19/h4,7-11,16,19H,1-3,5-6,12-15,17-18H2,(H,26,30)(H,27,32). The van der Waals surface area contributed by atoms with Crippen molar-refractivity contribution in [3.05, 3.63) is 46.7 Å². The monoisotopic (exact) mass is 468 g/mol. The number of amides is 3. The van der Waals surface area contributed by atoms with Crippen LogP contribution >= 0.6 is 11.3 Å². The summed E-state index contributed by atoms with van der Waals surface area (Å²) in [6.07, 6.45) is 6.88. The molecule has 0 bridgehead atoms. The van der Waals surface area contributed by atoms with E-state index in [0.717, 1.165) is 13.1 Å². The molecule has 8 heteroatoms. The Labute approximate surface area is 199 Å². The summed E-state index contributed by atoms with van der Waals surface area (Å²) in [5, 5.41) is 7.63. The Kier molecular flexibility index (Phi) is 8.12. The van der Waals surface area contributed by atoms with Crippen molar-refractivity contribution in [2.24, 2.45) is 5.92 Å². The molecule has 2 N–H and O–H groups in total. The van der Waals surface area contributed by atoms with Gasteiger partial charge in [-0.3, -0.25) is 19.3 Å². The van der Waals surface area contributed by atoms with Gasteiger partial charge in [-0.2, -0.15) is 0 Å². The Morgan fingerprint density at radius 3 is 2.18 bits per heavy atom. The molecule has 1 saturated carbocycles. The Balaban J connectivity index is 1.17. The van der Waals surface area contributed by atoms with E-state index in [9.17, 15) is 14.4 Å². The molecule has 0 radical (unpaired) electrons. The number of piperazine rings is 1. The van der Waals surface area contributed by atoms with Crippen LogP contribution in [0.4, 0.5) is 11.4 Å². The average Bonchev–Trinajstić information content (AvgIpc) is 3.37. The van der Waals surface area contributed by atoms with Crippen LogP contribution in [0.25, 0.3) is 0 Å². The maximum atomic E-state index is 12.6. The van der Waals surface area contributed by atoms with Gasteiger partial charge in [0, 0.05) is 44.0 Å². The summed E-state index contributed by atoms with van der Waals surface area (Å²) in [4.78, 5) is 41.9. The second-order valence-corrected chi connectivity index (χ2v) is 9.87. The molecule has 3 amide bonds. The van der Waals surface area contributed by atoms with E-state index in [-0.39, 0.29) is 17.7 Å². The van der Waals surface area contributed by atoms with Gasteiger partial charge in [0.2, 0.25) is 11.8 Å². The highest BCUT2D eigenvalue weighted by atomic mass is 32.1. The van der Waals surface area contributed by atoms with Crippen LogP contribution in [0.5, 0.6) is 0 Å². The Morgan fingerprint density at radius 1 is 0.879 bits per heavy atom. The van der Waals surface area contributed by atoms with E-state index >= 15 is 0 Å². The topological polar surface area (TPSA) is 81.8 Å². The van der Waals surface area contributed by atoms with Crippen molar-refractivity contribution in [1.29, 1.82) is 0 Å². The minimum Gasteiger partial charge on any atom is -0.340 e. The summed E-state index contributed by atoms with van der Waals surface area (Å²) in [6.45, 7) is 3.13. The number of nitrogens with one attached hydrogen (secondary N) is 2. The van der Waals surface area contributed by atoms with E-state index in [4.69, 9.17) is 0 Å². The fourth-order valence-electron chi connectivity index (χ4n) is 4.56. The van der Waals surface area contributed by atoms with E-state index in [0.29, 0.717) is 48.2 Å². The molecular weight excluding hydrogens is 436 g/mol. The molecule has 0 spiro atoms. The van der Waals surface area contributed by atoms with Gasteiger partial charge in [0.05, 0.1) is 11.4 Å². The van der Waals surface area contributed by atoms with Gasteiger partial charge in [-0.1, -0.05) is 25.3 Å². The van der Waals surface area contributed by atoms with Crippen molar-refractivity contribution in [3.63, 3.8) is 0 Å². The van der Waals surface area contributed by atoms with Crippen LogP contribution in [0, 0.1) is 5.92 Å². The van der Waals surface area contributed by atoms with Gasteiger partial charge < -0.3 is 15.5 Å². The number of benzene rings is 1. The van der Waals surface area contributed by atoms with Crippen molar-refractivity contribution in [2.45, 2.75) is 38.5 Å². The summed E-state index contributed by atoms with van der Waals surface area (Å²) in [7, 11) is 0. The van der Waals surface area contributed by atoms with Crippen LogP contribution in [-0.2, 0) is 9.59 Å². The Hall–Kier alpha value is -2.71. The molecule has 2 fully saturated rings. The molecule has 2 aliphatic rings. The molecule has 1 aliphatic heterocycles. The Morgan fingerprint density at radius 2 is 1.55 bits per heavy atom. The molecule has 7 nitrogen and oxygen atoms in total.